The van der Waals surface area contributed by atoms with E-state index < -0.39 is 0 Å². The first-order valence-corrected chi connectivity index (χ1v) is 4.52. The molecule has 3 unspecified atom stereocenters. The van der Waals surface area contributed by atoms with Gasteiger partial charge in [0.15, 0.2) is 0 Å². The molecule has 1 aliphatic rings. The fourth-order valence-corrected chi connectivity index (χ4v) is 1.16. The number of hydrogen-bond acceptors (Lipinski definition) is 5. The van der Waals surface area contributed by atoms with Crippen molar-refractivity contribution in [3.63, 3.8) is 0 Å². The SMILES string of the molecule is CC(N)c1nnc(NC2CC2C)o1. The molecule has 1 aromatic rings. The van der Waals surface area contributed by atoms with Crippen LogP contribution in [0.3, 0.4) is 0 Å². The number of anilines is 1. The van der Waals surface area contributed by atoms with Crippen molar-refractivity contribution in [1.29, 1.82) is 0 Å². The van der Waals surface area contributed by atoms with E-state index >= 15 is 0 Å². The Balaban J connectivity index is 1.97. The first-order valence-electron chi connectivity index (χ1n) is 4.52. The highest BCUT2D eigenvalue weighted by Gasteiger charge is 2.33. The van der Waals surface area contributed by atoms with E-state index in [9.17, 15) is 0 Å². The summed E-state index contributed by atoms with van der Waals surface area (Å²) in [6, 6.07) is 0.794. The van der Waals surface area contributed by atoms with Gasteiger partial charge in [0.25, 0.3) is 0 Å². The predicted octanol–water partition coefficient (Wildman–Crippen LogP) is 0.910. The Labute approximate surface area is 76.7 Å². The van der Waals surface area contributed by atoms with E-state index in [2.05, 4.69) is 22.4 Å². The molecule has 13 heavy (non-hydrogen) atoms. The van der Waals surface area contributed by atoms with Crippen LogP contribution >= 0.6 is 0 Å². The van der Waals surface area contributed by atoms with Crippen molar-refractivity contribution in [3.05, 3.63) is 5.89 Å². The molecule has 3 atom stereocenters. The third kappa shape index (κ3) is 1.80. The van der Waals surface area contributed by atoms with Crippen molar-refractivity contribution in [2.24, 2.45) is 11.7 Å². The molecule has 0 amide bonds. The van der Waals surface area contributed by atoms with Crippen LogP contribution in [-0.2, 0) is 0 Å². The van der Waals surface area contributed by atoms with Gasteiger partial charge in [0.2, 0.25) is 5.89 Å². The molecule has 1 saturated carbocycles. The summed E-state index contributed by atoms with van der Waals surface area (Å²) in [5, 5.41) is 10.8. The minimum absolute atomic E-state index is 0.195. The van der Waals surface area contributed by atoms with Gasteiger partial charge in [-0.1, -0.05) is 12.0 Å². The molecule has 1 fully saturated rings. The quantitative estimate of drug-likeness (QED) is 0.726. The molecule has 3 N–H and O–H groups in total. The topological polar surface area (TPSA) is 77.0 Å². The Morgan fingerprint density at radius 1 is 1.62 bits per heavy atom. The molecular formula is C8H14N4O. The molecule has 0 spiro atoms. The first kappa shape index (κ1) is 8.50. The van der Waals surface area contributed by atoms with E-state index in [1.54, 1.807) is 0 Å². The fraction of sp³-hybridized carbons (Fsp3) is 0.750. The van der Waals surface area contributed by atoms with Gasteiger partial charge in [-0.05, 0) is 19.3 Å². The van der Waals surface area contributed by atoms with Gasteiger partial charge in [0.1, 0.15) is 0 Å². The summed E-state index contributed by atoms with van der Waals surface area (Å²) < 4.78 is 5.29. The van der Waals surface area contributed by atoms with Crippen molar-refractivity contribution in [2.45, 2.75) is 32.4 Å². The molecule has 0 aliphatic heterocycles. The number of hydrogen-bond donors (Lipinski definition) is 2. The summed E-state index contributed by atoms with van der Waals surface area (Å²) in [5.41, 5.74) is 5.58. The minimum atomic E-state index is -0.195. The molecule has 0 aromatic carbocycles. The lowest BCUT2D eigenvalue weighted by molar-refractivity contribution is 0.472. The molecule has 72 valence electrons. The van der Waals surface area contributed by atoms with E-state index in [0.29, 0.717) is 23.9 Å². The summed E-state index contributed by atoms with van der Waals surface area (Å²) >= 11 is 0. The number of nitrogens with two attached hydrogens (primary N) is 1. The highest BCUT2D eigenvalue weighted by molar-refractivity contribution is 5.24. The largest absolute Gasteiger partial charge is 0.406 e. The number of nitrogens with zero attached hydrogens (tertiary/aromatic N) is 2. The second kappa shape index (κ2) is 2.99. The Kier molecular flexibility index (Phi) is 1.95. The lowest BCUT2D eigenvalue weighted by Gasteiger charge is -1.97. The lowest BCUT2D eigenvalue weighted by Crippen LogP contribution is -2.05. The molecule has 5 heteroatoms. The predicted molar refractivity (Wildman–Crippen MR) is 48.1 cm³/mol. The molecule has 2 rings (SSSR count). The Bertz CT molecular complexity index is 296. The van der Waals surface area contributed by atoms with E-state index in [4.69, 9.17) is 10.2 Å². The zero-order valence-electron chi connectivity index (χ0n) is 7.82. The molecular weight excluding hydrogens is 168 g/mol. The minimum Gasteiger partial charge on any atom is -0.406 e. The van der Waals surface area contributed by atoms with Crippen LogP contribution < -0.4 is 11.1 Å². The van der Waals surface area contributed by atoms with Crippen LogP contribution in [0.5, 0.6) is 0 Å². The second-order valence-electron chi connectivity index (χ2n) is 3.70. The van der Waals surface area contributed by atoms with E-state index in [-0.39, 0.29) is 6.04 Å². The second-order valence-corrected chi connectivity index (χ2v) is 3.70. The maximum atomic E-state index is 5.58. The van der Waals surface area contributed by atoms with Gasteiger partial charge in [0, 0.05) is 6.04 Å². The van der Waals surface area contributed by atoms with Crippen LogP contribution in [0.15, 0.2) is 4.42 Å². The molecule has 1 aliphatic carbocycles. The maximum Gasteiger partial charge on any atom is 0.315 e. The molecule has 1 aromatic heterocycles. The maximum absolute atomic E-state index is 5.58. The summed E-state index contributed by atoms with van der Waals surface area (Å²) in [4.78, 5) is 0. The van der Waals surface area contributed by atoms with Crippen LogP contribution in [-0.4, -0.2) is 16.2 Å². The molecule has 0 radical (unpaired) electrons. The van der Waals surface area contributed by atoms with E-state index in [0.717, 1.165) is 0 Å². The van der Waals surface area contributed by atoms with Crippen molar-refractivity contribution < 1.29 is 4.42 Å². The van der Waals surface area contributed by atoms with Gasteiger partial charge >= 0.3 is 6.01 Å². The van der Waals surface area contributed by atoms with Crippen molar-refractivity contribution in [3.8, 4) is 0 Å². The smallest absolute Gasteiger partial charge is 0.315 e. The van der Waals surface area contributed by atoms with Crippen LogP contribution in [0.2, 0.25) is 0 Å². The first-order chi connectivity index (χ1) is 6.16. The molecule has 0 bridgehead atoms. The third-order valence-electron chi connectivity index (χ3n) is 2.25. The third-order valence-corrected chi connectivity index (χ3v) is 2.25. The fourth-order valence-electron chi connectivity index (χ4n) is 1.16. The summed E-state index contributed by atoms with van der Waals surface area (Å²) in [6.07, 6.45) is 1.18. The Morgan fingerprint density at radius 3 is 2.77 bits per heavy atom. The normalized spacial score (nSPS) is 28.5. The zero-order valence-corrected chi connectivity index (χ0v) is 7.82. The summed E-state index contributed by atoms with van der Waals surface area (Å²) in [5.74, 6) is 1.20. The van der Waals surface area contributed by atoms with Crippen LogP contribution in [0.4, 0.5) is 6.01 Å². The van der Waals surface area contributed by atoms with Crippen LogP contribution in [0.1, 0.15) is 32.2 Å². The molecule has 1 heterocycles. The lowest BCUT2D eigenvalue weighted by atomic mass is 10.4. The van der Waals surface area contributed by atoms with Gasteiger partial charge in [-0.3, -0.25) is 0 Å². The van der Waals surface area contributed by atoms with Crippen LogP contribution in [0, 0.1) is 5.92 Å². The molecule has 5 nitrogen and oxygen atoms in total. The highest BCUT2D eigenvalue weighted by atomic mass is 16.4. The highest BCUT2D eigenvalue weighted by Crippen LogP contribution is 2.32. The van der Waals surface area contributed by atoms with Gasteiger partial charge in [-0.2, -0.15) is 0 Å². The van der Waals surface area contributed by atoms with Crippen molar-refractivity contribution in [1.82, 2.24) is 10.2 Å². The average Bonchev–Trinajstić information content (AvgIpc) is 2.61. The summed E-state index contributed by atoms with van der Waals surface area (Å²) in [6.45, 7) is 4.00. The van der Waals surface area contributed by atoms with E-state index in [1.165, 1.54) is 6.42 Å². The average molecular weight is 182 g/mol. The molecule has 0 saturated heterocycles. The van der Waals surface area contributed by atoms with Gasteiger partial charge in [0.05, 0.1) is 6.04 Å². The van der Waals surface area contributed by atoms with Crippen molar-refractivity contribution >= 4 is 6.01 Å². The van der Waals surface area contributed by atoms with Gasteiger partial charge in [-0.15, -0.1) is 5.10 Å². The standard InChI is InChI=1S/C8H14N4O/c1-4-3-6(4)10-8-12-11-7(13-8)5(2)9/h4-6H,3,9H2,1-2H3,(H,10,12). The Morgan fingerprint density at radius 2 is 2.31 bits per heavy atom. The van der Waals surface area contributed by atoms with Crippen LogP contribution in [0.25, 0.3) is 0 Å². The van der Waals surface area contributed by atoms with E-state index in [1.807, 2.05) is 6.92 Å². The monoisotopic (exact) mass is 182 g/mol. The van der Waals surface area contributed by atoms with Gasteiger partial charge < -0.3 is 15.5 Å². The zero-order chi connectivity index (χ0) is 9.42. The van der Waals surface area contributed by atoms with Gasteiger partial charge in [-0.25, -0.2) is 0 Å². The number of nitrogens with one attached hydrogen (secondary N) is 1. The number of aromatic nitrogens is 2. The van der Waals surface area contributed by atoms with Crippen molar-refractivity contribution in [2.75, 3.05) is 5.32 Å². The number of rotatable bonds is 3. The Hall–Kier alpha value is -1.10. The summed E-state index contributed by atoms with van der Waals surface area (Å²) in [7, 11) is 0.